The van der Waals surface area contributed by atoms with Crippen LogP contribution < -0.4 is 0 Å². The Morgan fingerprint density at radius 2 is 1.47 bits per heavy atom. The number of pyridine rings is 1. The molecule has 2 aromatic rings. The number of nitrogens with zero attached hydrogens (tertiary/aromatic N) is 1. The zero-order valence-electron chi connectivity index (χ0n) is 17.1. The summed E-state index contributed by atoms with van der Waals surface area (Å²) in [5.74, 6) is -0.0896. The van der Waals surface area contributed by atoms with Crippen LogP contribution in [0.25, 0.3) is 0 Å². The summed E-state index contributed by atoms with van der Waals surface area (Å²) in [6.07, 6.45) is -4.95. The second kappa shape index (κ2) is 9.21. The summed E-state index contributed by atoms with van der Waals surface area (Å²) in [7, 11) is 0. The van der Waals surface area contributed by atoms with Gasteiger partial charge in [-0.1, -0.05) is 30.7 Å². The van der Waals surface area contributed by atoms with Crippen LogP contribution in [0.3, 0.4) is 0 Å². The molecule has 1 aliphatic carbocycles. The molecule has 0 saturated heterocycles. The second-order valence-electron chi connectivity index (χ2n) is 8.23. The molecule has 9 heteroatoms. The van der Waals surface area contributed by atoms with Gasteiger partial charge in [0, 0.05) is 30.3 Å². The number of halogens is 6. The van der Waals surface area contributed by atoms with Gasteiger partial charge in [-0.3, -0.25) is 9.78 Å². The fraction of sp³-hybridized carbons (Fsp3) is 0.478. The third-order valence-corrected chi connectivity index (χ3v) is 6.17. The average molecular weight is 459 g/mol. The van der Waals surface area contributed by atoms with Gasteiger partial charge < -0.3 is 5.11 Å². The maximum absolute atomic E-state index is 13.1. The quantitative estimate of drug-likeness (QED) is 0.450. The van der Waals surface area contributed by atoms with Gasteiger partial charge in [0.15, 0.2) is 0 Å². The van der Waals surface area contributed by atoms with E-state index in [1.54, 1.807) is 24.5 Å². The molecule has 0 amide bonds. The lowest BCUT2D eigenvalue weighted by Crippen LogP contribution is -2.53. The van der Waals surface area contributed by atoms with Gasteiger partial charge in [-0.25, -0.2) is 0 Å². The summed E-state index contributed by atoms with van der Waals surface area (Å²) >= 11 is 0. The number of alkyl halides is 6. The number of carbonyl (C=O) groups excluding carboxylic acids is 1. The molecule has 32 heavy (non-hydrogen) atoms. The Morgan fingerprint density at radius 3 is 2.03 bits per heavy atom. The number of hydrogen-bond acceptors (Lipinski definition) is 3. The Bertz CT molecular complexity index is 895. The molecule has 1 aromatic heterocycles. The zero-order chi connectivity index (χ0) is 23.6. The molecule has 1 N–H and O–H groups in total. The summed E-state index contributed by atoms with van der Waals surface area (Å²) < 4.78 is 78.4. The summed E-state index contributed by atoms with van der Waals surface area (Å²) in [6, 6.07) is 7.35. The Morgan fingerprint density at radius 1 is 0.875 bits per heavy atom. The first-order chi connectivity index (χ1) is 14.9. The van der Waals surface area contributed by atoms with Gasteiger partial charge in [0.05, 0.1) is 0 Å². The molecule has 3 nitrogen and oxygen atoms in total. The van der Waals surface area contributed by atoms with Crippen molar-refractivity contribution in [3.8, 4) is 0 Å². The summed E-state index contributed by atoms with van der Waals surface area (Å²) in [6.45, 7) is 0. The van der Waals surface area contributed by atoms with Crippen LogP contribution in [0.2, 0.25) is 0 Å². The molecule has 1 aromatic carbocycles. The standard InChI is InChI=1S/C23H23F6NO2/c24-22(25,26)21(32,23(27,28)29)19-8-6-17(7-9-19)16-2-1-3-18(5-4-16)20(31)14-15-10-12-30-13-11-15/h6-13,16,18,32H,1-5,14H2/t16-,18?/m1/s1. The van der Waals surface area contributed by atoms with Gasteiger partial charge in [-0.15, -0.1) is 0 Å². The van der Waals surface area contributed by atoms with E-state index in [9.17, 15) is 36.2 Å². The third kappa shape index (κ3) is 4.98. The lowest BCUT2D eigenvalue weighted by molar-refractivity contribution is -0.376. The highest BCUT2D eigenvalue weighted by Gasteiger charge is 2.71. The number of carbonyl (C=O) groups is 1. The molecule has 1 aliphatic rings. The lowest BCUT2D eigenvalue weighted by Gasteiger charge is -2.32. The van der Waals surface area contributed by atoms with Crippen molar-refractivity contribution in [1.82, 2.24) is 4.98 Å². The maximum Gasteiger partial charge on any atom is 0.430 e. The van der Waals surface area contributed by atoms with Gasteiger partial charge in [-0.2, -0.15) is 26.3 Å². The molecular formula is C23H23F6NO2. The average Bonchev–Trinajstić information content (AvgIpc) is 2.99. The Kier molecular flexibility index (Phi) is 6.97. The molecule has 0 aliphatic heterocycles. The number of ketones is 1. The molecular weight excluding hydrogens is 436 g/mol. The van der Waals surface area contributed by atoms with Crippen molar-refractivity contribution in [2.75, 3.05) is 0 Å². The van der Waals surface area contributed by atoms with Crippen molar-refractivity contribution in [3.05, 3.63) is 65.5 Å². The minimum absolute atomic E-state index is 0.0763. The van der Waals surface area contributed by atoms with Crippen LogP contribution in [0.4, 0.5) is 26.3 Å². The SMILES string of the molecule is O=C(Cc1ccncc1)C1CCC[C@@H](c2ccc(C(O)(C(F)(F)F)C(F)(F)F)cc2)CC1. The molecule has 1 saturated carbocycles. The van der Waals surface area contributed by atoms with Crippen molar-refractivity contribution < 1.29 is 36.2 Å². The minimum atomic E-state index is -5.91. The van der Waals surface area contributed by atoms with Gasteiger partial charge in [0.2, 0.25) is 0 Å². The van der Waals surface area contributed by atoms with Gasteiger partial charge in [0.1, 0.15) is 5.78 Å². The Balaban J connectivity index is 1.70. The summed E-state index contributed by atoms with van der Waals surface area (Å²) in [4.78, 5) is 16.6. The molecule has 174 valence electrons. The van der Waals surface area contributed by atoms with Crippen molar-refractivity contribution in [2.24, 2.45) is 5.92 Å². The molecule has 1 unspecified atom stereocenters. The van der Waals surface area contributed by atoms with E-state index in [0.717, 1.165) is 12.0 Å². The fourth-order valence-corrected chi connectivity index (χ4v) is 4.29. The topological polar surface area (TPSA) is 50.2 Å². The van der Waals surface area contributed by atoms with Crippen molar-refractivity contribution in [2.45, 2.75) is 62.4 Å². The van der Waals surface area contributed by atoms with Gasteiger partial charge in [0.25, 0.3) is 5.60 Å². The smallest absolute Gasteiger partial charge is 0.369 e. The molecule has 0 spiro atoms. The van der Waals surface area contributed by atoms with E-state index in [4.69, 9.17) is 0 Å². The van der Waals surface area contributed by atoms with E-state index in [-0.39, 0.29) is 17.6 Å². The number of benzene rings is 1. The minimum Gasteiger partial charge on any atom is -0.369 e. The predicted molar refractivity (Wildman–Crippen MR) is 105 cm³/mol. The normalized spacial score (nSPS) is 20.6. The largest absolute Gasteiger partial charge is 0.430 e. The maximum atomic E-state index is 13.1. The van der Waals surface area contributed by atoms with E-state index >= 15 is 0 Å². The second-order valence-corrected chi connectivity index (χ2v) is 8.23. The van der Waals surface area contributed by atoms with Crippen LogP contribution in [0.15, 0.2) is 48.8 Å². The molecule has 2 atom stereocenters. The first-order valence-corrected chi connectivity index (χ1v) is 10.3. The van der Waals surface area contributed by atoms with Crippen LogP contribution in [0.1, 0.15) is 54.7 Å². The highest BCUT2D eigenvalue weighted by molar-refractivity contribution is 5.83. The first kappa shape index (κ1) is 24.2. The summed E-state index contributed by atoms with van der Waals surface area (Å²) in [5.41, 5.74) is -4.71. The molecule has 3 rings (SSSR count). The van der Waals surface area contributed by atoms with E-state index in [1.807, 2.05) is 0 Å². The van der Waals surface area contributed by atoms with Crippen molar-refractivity contribution in [1.29, 1.82) is 0 Å². The zero-order valence-corrected chi connectivity index (χ0v) is 17.1. The Hall–Kier alpha value is -2.42. The molecule has 1 fully saturated rings. The number of aromatic nitrogens is 1. The number of Topliss-reactive ketones (excluding diaryl/α,β-unsaturated/α-hetero) is 1. The number of rotatable bonds is 5. The number of aliphatic hydroxyl groups is 1. The van der Waals surface area contributed by atoms with Crippen LogP contribution in [0.5, 0.6) is 0 Å². The van der Waals surface area contributed by atoms with E-state index in [2.05, 4.69) is 4.98 Å². The lowest BCUT2D eigenvalue weighted by atomic mass is 9.86. The van der Waals surface area contributed by atoms with Crippen molar-refractivity contribution in [3.63, 3.8) is 0 Å². The highest BCUT2D eigenvalue weighted by atomic mass is 19.4. The first-order valence-electron chi connectivity index (χ1n) is 10.3. The monoisotopic (exact) mass is 459 g/mol. The summed E-state index contributed by atoms with van der Waals surface area (Å²) in [5, 5.41) is 9.53. The van der Waals surface area contributed by atoms with E-state index in [0.29, 0.717) is 49.8 Å². The van der Waals surface area contributed by atoms with Crippen LogP contribution in [-0.2, 0) is 16.8 Å². The van der Waals surface area contributed by atoms with Crippen molar-refractivity contribution >= 4 is 5.78 Å². The van der Waals surface area contributed by atoms with E-state index < -0.39 is 23.5 Å². The van der Waals surface area contributed by atoms with Crippen LogP contribution in [0, 0.1) is 5.92 Å². The van der Waals surface area contributed by atoms with Crippen LogP contribution >= 0.6 is 0 Å². The fourth-order valence-electron chi connectivity index (χ4n) is 4.29. The van der Waals surface area contributed by atoms with Gasteiger partial charge >= 0.3 is 12.4 Å². The molecule has 0 bridgehead atoms. The third-order valence-electron chi connectivity index (χ3n) is 6.17. The molecule has 1 heterocycles. The van der Waals surface area contributed by atoms with Gasteiger partial charge in [-0.05, 0) is 54.9 Å². The Labute approximate surface area is 181 Å². The molecule has 0 radical (unpaired) electrons. The van der Waals surface area contributed by atoms with E-state index in [1.165, 1.54) is 12.1 Å². The predicted octanol–water partition coefficient (Wildman–Crippen LogP) is 5.87. The van der Waals surface area contributed by atoms with Crippen LogP contribution in [-0.4, -0.2) is 28.2 Å². The highest BCUT2D eigenvalue weighted by Crippen LogP contribution is 2.50. The number of hydrogen-bond donors (Lipinski definition) is 1.